The molecule has 2 rings (SSSR count). The number of nitrogens with zero attached hydrogens (tertiary/aromatic N) is 1. The summed E-state index contributed by atoms with van der Waals surface area (Å²) < 4.78 is 0. The van der Waals surface area contributed by atoms with Crippen molar-refractivity contribution in [3.63, 3.8) is 0 Å². The third-order valence-corrected chi connectivity index (χ3v) is 3.61. The van der Waals surface area contributed by atoms with Crippen LogP contribution in [0.4, 0.5) is 11.4 Å². The minimum atomic E-state index is -0.362. The first-order valence-corrected chi connectivity index (χ1v) is 6.60. The summed E-state index contributed by atoms with van der Waals surface area (Å²) in [4.78, 5) is 10.6. The minimum Gasteiger partial charge on any atom is -0.380 e. The molecule has 0 amide bonds. The molecule has 0 radical (unpaired) electrons. The molecule has 0 saturated carbocycles. The first-order valence-electron chi connectivity index (χ1n) is 6.22. The van der Waals surface area contributed by atoms with Crippen LogP contribution in [0.3, 0.4) is 0 Å². The van der Waals surface area contributed by atoms with Gasteiger partial charge in [-0.2, -0.15) is 0 Å². The van der Waals surface area contributed by atoms with Gasteiger partial charge in [-0.05, 0) is 31.0 Å². The van der Waals surface area contributed by atoms with E-state index in [1.165, 1.54) is 6.07 Å². The Morgan fingerprint density at radius 2 is 1.90 bits per heavy atom. The van der Waals surface area contributed by atoms with E-state index in [0.717, 1.165) is 16.8 Å². The van der Waals surface area contributed by atoms with Gasteiger partial charge in [-0.25, -0.2) is 0 Å². The quantitative estimate of drug-likeness (QED) is 0.667. The van der Waals surface area contributed by atoms with Gasteiger partial charge in [0.2, 0.25) is 0 Å². The fourth-order valence-corrected chi connectivity index (χ4v) is 2.39. The van der Waals surface area contributed by atoms with Crippen molar-refractivity contribution in [1.82, 2.24) is 0 Å². The number of benzene rings is 2. The Morgan fingerprint density at radius 1 is 1.20 bits per heavy atom. The molecule has 2 aromatic carbocycles. The minimum absolute atomic E-state index is 0.139. The Balaban J connectivity index is 2.24. The second kappa shape index (κ2) is 5.92. The molecule has 0 aromatic heterocycles. The SMILES string of the molecule is Cc1cccc(Cl)c1NCc1cccc([N+](=O)[O-])c1C. The Labute approximate surface area is 122 Å². The molecular formula is C15H15ClN2O2. The fraction of sp³-hybridized carbons (Fsp3) is 0.200. The summed E-state index contributed by atoms with van der Waals surface area (Å²) in [6, 6.07) is 10.8. The van der Waals surface area contributed by atoms with Crippen LogP contribution in [-0.2, 0) is 6.54 Å². The zero-order valence-corrected chi connectivity index (χ0v) is 12.1. The van der Waals surface area contributed by atoms with Crippen LogP contribution < -0.4 is 5.32 Å². The second-order valence-electron chi connectivity index (χ2n) is 4.60. The molecule has 0 aliphatic carbocycles. The normalized spacial score (nSPS) is 10.3. The van der Waals surface area contributed by atoms with Crippen LogP contribution in [-0.4, -0.2) is 4.92 Å². The highest BCUT2D eigenvalue weighted by Crippen LogP contribution is 2.27. The number of aryl methyl sites for hydroxylation is 1. The average molecular weight is 291 g/mol. The number of hydrogen-bond acceptors (Lipinski definition) is 3. The first-order chi connectivity index (χ1) is 9.50. The van der Waals surface area contributed by atoms with E-state index in [4.69, 9.17) is 11.6 Å². The molecule has 0 saturated heterocycles. The van der Waals surface area contributed by atoms with E-state index in [2.05, 4.69) is 5.32 Å². The molecule has 1 N–H and O–H groups in total. The summed E-state index contributed by atoms with van der Waals surface area (Å²) in [5, 5.41) is 14.8. The van der Waals surface area contributed by atoms with Crippen molar-refractivity contribution in [2.45, 2.75) is 20.4 Å². The van der Waals surface area contributed by atoms with E-state index in [-0.39, 0.29) is 10.6 Å². The van der Waals surface area contributed by atoms with Crippen molar-refractivity contribution in [3.8, 4) is 0 Å². The standard InChI is InChI=1S/C15H15ClN2O2/c1-10-5-3-7-13(16)15(10)17-9-12-6-4-8-14(11(12)2)18(19)20/h3-8,17H,9H2,1-2H3. The molecule has 104 valence electrons. The zero-order chi connectivity index (χ0) is 14.7. The molecule has 0 fully saturated rings. The van der Waals surface area contributed by atoms with Gasteiger partial charge in [0.1, 0.15) is 0 Å². The molecule has 0 aliphatic rings. The van der Waals surface area contributed by atoms with E-state index in [1.807, 2.05) is 31.2 Å². The van der Waals surface area contributed by atoms with Crippen LogP contribution in [0.25, 0.3) is 0 Å². The predicted molar refractivity (Wildman–Crippen MR) is 81.3 cm³/mol. The van der Waals surface area contributed by atoms with E-state index in [0.29, 0.717) is 17.1 Å². The summed E-state index contributed by atoms with van der Waals surface area (Å²) in [6.45, 7) is 4.22. The van der Waals surface area contributed by atoms with Crippen molar-refractivity contribution in [1.29, 1.82) is 0 Å². The van der Waals surface area contributed by atoms with Crippen LogP contribution in [0.2, 0.25) is 5.02 Å². The molecule has 0 unspecified atom stereocenters. The molecule has 0 spiro atoms. The molecule has 0 heterocycles. The summed E-state index contributed by atoms with van der Waals surface area (Å²) >= 11 is 6.15. The smallest absolute Gasteiger partial charge is 0.272 e. The van der Waals surface area contributed by atoms with Crippen molar-refractivity contribution < 1.29 is 4.92 Å². The Kier molecular flexibility index (Phi) is 4.25. The number of halogens is 1. The van der Waals surface area contributed by atoms with Gasteiger partial charge in [-0.15, -0.1) is 0 Å². The van der Waals surface area contributed by atoms with Gasteiger partial charge in [0, 0.05) is 18.2 Å². The number of nitro groups is 1. The van der Waals surface area contributed by atoms with Gasteiger partial charge in [0.25, 0.3) is 5.69 Å². The first kappa shape index (κ1) is 14.3. The maximum Gasteiger partial charge on any atom is 0.272 e. The van der Waals surface area contributed by atoms with Gasteiger partial charge in [-0.1, -0.05) is 35.9 Å². The summed E-state index contributed by atoms with van der Waals surface area (Å²) in [5.41, 5.74) is 3.61. The number of hydrogen-bond donors (Lipinski definition) is 1. The van der Waals surface area contributed by atoms with E-state index in [1.54, 1.807) is 13.0 Å². The molecule has 20 heavy (non-hydrogen) atoms. The zero-order valence-electron chi connectivity index (χ0n) is 11.3. The predicted octanol–water partition coefficient (Wildman–Crippen LogP) is 4.48. The maximum absolute atomic E-state index is 10.9. The number of para-hydroxylation sites is 1. The van der Waals surface area contributed by atoms with Crippen LogP contribution in [0.5, 0.6) is 0 Å². The summed E-state index contributed by atoms with van der Waals surface area (Å²) in [6.07, 6.45) is 0. The highest BCUT2D eigenvalue weighted by atomic mass is 35.5. The third-order valence-electron chi connectivity index (χ3n) is 3.29. The van der Waals surface area contributed by atoms with Crippen molar-refractivity contribution >= 4 is 23.0 Å². The van der Waals surface area contributed by atoms with Crippen LogP contribution in [0.15, 0.2) is 36.4 Å². The largest absolute Gasteiger partial charge is 0.380 e. The third kappa shape index (κ3) is 2.91. The second-order valence-corrected chi connectivity index (χ2v) is 5.01. The number of anilines is 1. The molecule has 5 heteroatoms. The number of nitro benzene ring substituents is 1. The van der Waals surface area contributed by atoms with E-state index in [9.17, 15) is 10.1 Å². The van der Waals surface area contributed by atoms with Crippen LogP contribution in [0, 0.1) is 24.0 Å². The van der Waals surface area contributed by atoms with E-state index >= 15 is 0 Å². The van der Waals surface area contributed by atoms with Crippen molar-refractivity contribution in [3.05, 3.63) is 68.2 Å². The lowest BCUT2D eigenvalue weighted by atomic mass is 10.1. The lowest BCUT2D eigenvalue weighted by Crippen LogP contribution is -2.04. The molecule has 2 aromatic rings. The topological polar surface area (TPSA) is 55.2 Å². The Bertz CT molecular complexity index is 636. The van der Waals surface area contributed by atoms with Gasteiger partial charge in [0.05, 0.1) is 15.6 Å². The lowest BCUT2D eigenvalue weighted by Gasteiger charge is -2.13. The maximum atomic E-state index is 10.9. The fourth-order valence-electron chi connectivity index (χ4n) is 2.10. The Morgan fingerprint density at radius 3 is 2.55 bits per heavy atom. The number of nitrogens with one attached hydrogen (secondary N) is 1. The Hall–Kier alpha value is -2.07. The van der Waals surface area contributed by atoms with Gasteiger partial charge < -0.3 is 5.32 Å². The van der Waals surface area contributed by atoms with Crippen molar-refractivity contribution in [2.75, 3.05) is 5.32 Å². The summed E-state index contributed by atoms with van der Waals surface area (Å²) in [5.74, 6) is 0. The molecule has 0 aliphatic heterocycles. The van der Waals surface area contributed by atoms with Gasteiger partial charge in [0.15, 0.2) is 0 Å². The highest BCUT2D eigenvalue weighted by Gasteiger charge is 2.13. The lowest BCUT2D eigenvalue weighted by molar-refractivity contribution is -0.385. The molecule has 0 atom stereocenters. The average Bonchev–Trinajstić information content (AvgIpc) is 2.39. The van der Waals surface area contributed by atoms with E-state index < -0.39 is 0 Å². The van der Waals surface area contributed by atoms with Crippen LogP contribution >= 0.6 is 11.6 Å². The highest BCUT2D eigenvalue weighted by molar-refractivity contribution is 6.33. The molecular weight excluding hydrogens is 276 g/mol. The van der Waals surface area contributed by atoms with Crippen LogP contribution in [0.1, 0.15) is 16.7 Å². The molecule has 4 nitrogen and oxygen atoms in total. The number of rotatable bonds is 4. The molecule has 0 bridgehead atoms. The summed E-state index contributed by atoms with van der Waals surface area (Å²) in [7, 11) is 0. The van der Waals surface area contributed by atoms with Gasteiger partial charge in [-0.3, -0.25) is 10.1 Å². The van der Waals surface area contributed by atoms with Crippen molar-refractivity contribution in [2.24, 2.45) is 0 Å². The van der Waals surface area contributed by atoms with Gasteiger partial charge >= 0.3 is 0 Å². The monoisotopic (exact) mass is 290 g/mol.